The van der Waals surface area contributed by atoms with Crippen molar-refractivity contribution in [2.45, 2.75) is 6.92 Å². The first-order valence-electron chi connectivity index (χ1n) is 6.49. The van der Waals surface area contributed by atoms with Crippen LogP contribution in [0.4, 0.5) is 11.4 Å². The Morgan fingerprint density at radius 2 is 1.95 bits per heavy atom. The number of fused-ring (bicyclic) bond motifs is 2. The first-order chi connectivity index (χ1) is 10.1. The van der Waals surface area contributed by atoms with Crippen LogP contribution in [-0.2, 0) is 0 Å². The van der Waals surface area contributed by atoms with Crippen LogP contribution in [0.25, 0.3) is 0 Å². The summed E-state index contributed by atoms with van der Waals surface area (Å²) in [4.78, 5) is 24.5. The summed E-state index contributed by atoms with van der Waals surface area (Å²) in [6.45, 7) is 2.29. The molecule has 0 unspecified atom stereocenters. The molecular weight excluding hydrogens is 272 g/mol. The number of carbonyl (C=O) groups is 1. The fourth-order valence-corrected chi connectivity index (χ4v) is 2.34. The second-order valence-electron chi connectivity index (χ2n) is 4.56. The highest BCUT2D eigenvalue weighted by Gasteiger charge is 2.28. The Kier molecular flexibility index (Phi) is 3.06. The van der Waals surface area contributed by atoms with Gasteiger partial charge in [-0.1, -0.05) is 12.1 Å². The lowest BCUT2D eigenvalue weighted by atomic mass is 10.1. The van der Waals surface area contributed by atoms with E-state index in [0.717, 1.165) is 0 Å². The number of hydrogen-bond donors (Lipinski definition) is 0. The normalized spacial score (nSPS) is 13.0. The van der Waals surface area contributed by atoms with Crippen molar-refractivity contribution in [3.05, 3.63) is 58.1 Å². The van der Waals surface area contributed by atoms with Crippen LogP contribution >= 0.6 is 0 Å². The summed E-state index contributed by atoms with van der Waals surface area (Å²) in [7, 11) is 0. The van der Waals surface area contributed by atoms with E-state index in [9.17, 15) is 14.9 Å². The number of carbonyl (C=O) groups excluding carboxylic acids is 1. The van der Waals surface area contributed by atoms with Crippen molar-refractivity contribution >= 4 is 17.3 Å². The van der Waals surface area contributed by atoms with E-state index in [4.69, 9.17) is 4.74 Å². The molecule has 0 spiro atoms. The minimum Gasteiger partial charge on any atom is -0.454 e. The third kappa shape index (κ3) is 2.10. The average Bonchev–Trinajstić information content (AvgIpc) is 2.60. The Bertz CT molecular complexity index is 742. The van der Waals surface area contributed by atoms with Gasteiger partial charge in [-0.05, 0) is 25.1 Å². The molecule has 0 bridgehead atoms. The van der Waals surface area contributed by atoms with Gasteiger partial charge in [0.25, 0.3) is 11.6 Å². The third-order valence-electron chi connectivity index (χ3n) is 3.34. The molecule has 0 saturated carbocycles. The number of anilines is 1. The van der Waals surface area contributed by atoms with Crippen LogP contribution in [0.1, 0.15) is 17.3 Å². The van der Waals surface area contributed by atoms with E-state index in [1.807, 2.05) is 6.92 Å². The zero-order chi connectivity index (χ0) is 15.0. The van der Waals surface area contributed by atoms with Gasteiger partial charge in [0, 0.05) is 12.6 Å². The molecule has 1 heterocycles. The van der Waals surface area contributed by atoms with E-state index < -0.39 is 4.92 Å². The summed E-state index contributed by atoms with van der Waals surface area (Å²) in [6, 6.07) is 11.1. The standard InChI is InChI=1S/C15H12N2O4/c1-2-16-12-8-7-10(17(19)20)9-14(12)21-13-6-4-3-5-11(13)15(16)18/h3-9H,2H2,1H3. The van der Waals surface area contributed by atoms with Gasteiger partial charge in [-0.3, -0.25) is 14.9 Å². The minimum atomic E-state index is -0.488. The summed E-state index contributed by atoms with van der Waals surface area (Å²) < 4.78 is 5.73. The van der Waals surface area contributed by atoms with Gasteiger partial charge in [-0.15, -0.1) is 0 Å². The maximum atomic E-state index is 12.6. The maximum Gasteiger partial charge on any atom is 0.273 e. The van der Waals surface area contributed by atoms with Crippen molar-refractivity contribution in [1.29, 1.82) is 0 Å². The zero-order valence-corrected chi connectivity index (χ0v) is 11.3. The van der Waals surface area contributed by atoms with Crippen LogP contribution in [0.3, 0.4) is 0 Å². The number of benzene rings is 2. The quantitative estimate of drug-likeness (QED) is 0.626. The predicted octanol–water partition coefficient (Wildman–Crippen LogP) is 3.37. The maximum absolute atomic E-state index is 12.6. The van der Waals surface area contributed by atoms with Gasteiger partial charge in [0.2, 0.25) is 0 Å². The number of nitrogens with zero attached hydrogens (tertiary/aromatic N) is 2. The van der Waals surface area contributed by atoms with Crippen LogP contribution in [0.5, 0.6) is 11.5 Å². The summed E-state index contributed by atoms with van der Waals surface area (Å²) in [5.74, 6) is 0.533. The second-order valence-corrected chi connectivity index (χ2v) is 4.56. The molecule has 106 valence electrons. The van der Waals surface area contributed by atoms with Gasteiger partial charge in [0.05, 0.1) is 22.2 Å². The smallest absolute Gasteiger partial charge is 0.273 e. The van der Waals surface area contributed by atoms with Gasteiger partial charge >= 0.3 is 0 Å². The lowest BCUT2D eigenvalue weighted by molar-refractivity contribution is -0.384. The molecule has 1 aliphatic heterocycles. The van der Waals surface area contributed by atoms with Crippen LogP contribution < -0.4 is 9.64 Å². The van der Waals surface area contributed by atoms with Gasteiger partial charge in [-0.2, -0.15) is 0 Å². The summed E-state index contributed by atoms with van der Waals surface area (Å²) in [5.41, 5.74) is 0.902. The van der Waals surface area contributed by atoms with Gasteiger partial charge in [0.1, 0.15) is 5.75 Å². The summed E-state index contributed by atoms with van der Waals surface area (Å²) >= 11 is 0. The van der Waals surface area contributed by atoms with Crippen LogP contribution in [-0.4, -0.2) is 17.4 Å². The summed E-state index contributed by atoms with van der Waals surface area (Å²) in [6.07, 6.45) is 0. The molecule has 0 saturated heterocycles. The predicted molar refractivity (Wildman–Crippen MR) is 77.0 cm³/mol. The Morgan fingerprint density at radius 1 is 1.19 bits per heavy atom. The highest BCUT2D eigenvalue weighted by Crippen LogP contribution is 2.40. The second kappa shape index (κ2) is 4.90. The molecular formula is C15H12N2O4. The number of non-ortho nitro benzene ring substituents is 1. The first-order valence-corrected chi connectivity index (χ1v) is 6.49. The number of amides is 1. The Hall–Kier alpha value is -2.89. The molecule has 6 nitrogen and oxygen atoms in total. The number of hydrogen-bond acceptors (Lipinski definition) is 4. The van der Waals surface area contributed by atoms with Crippen molar-refractivity contribution in [2.75, 3.05) is 11.4 Å². The van der Waals surface area contributed by atoms with Crippen molar-refractivity contribution < 1.29 is 14.5 Å². The summed E-state index contributed by atoms with van der Waals surface area (Å²) in [5, 5.41) is 10.9. The van der Waals surface area contributed by atoms with Crippen LogP contribution in [0, 0.1) is 10.1 Å². The van der Waals surface area contributed by atoms with Crippen LogP contribution in [0.2, 0.25) is 0 Å². The molecule has 2 aromatic rings. The third-order valence-corrected chi connectivity index (χ3v) is 3.34. The minimum absolute atomic E-state index is 0.0726. The fourth-order valence-electron chi connectivity index (χ4n) is 2.34. The number of nitro groups is 1. The molecule has 0 aromatic heterocycles. The lowest BCUT2D eigenvalue weighted by Gasteiger charge is -2.19. The van der Waals surface area contributed by atoms with E-state index >= 15 is 0 Å². The van der Waals surface area contributed by atoms with E-state index in [2.05, 4.69) is 0 Å². The van der Waals surface area contributed by atoms with Crippen molar-refractivity contribution in [3.8, 4) is 11.5 Å². The fraction of sp³-hybridized carbons (Fsp3) is 0.133. The Balaban J connectivity index is 2.21. The molecule has 0 radical (unpaired) electrons. The largest absolute Gasteiger partial charge is 0.454 e. The van der Waals surface area contributed by atoms with E-state index in [1.165, 1.54) is 12.1 Å². The highest BCUT2D eigenvalue weighted by molar-refractivity contribution is 6.09. The molecule has 3 rings (SSSR count). The molecule has 6 heteroatoms. The van der Waals surface area contributed by atoms with E-state index in [-0.39, 0.29) is 11.6 Å². The zero-order valence-electron chi connectivity index (χ0n) is 11.3. The first kappa shape index (κ1) is 13.1. The Labute approximate surface area is 120 Å². The highest BCUT2D eigenvalue weighted by atomic mass is 16.6. The Morgan fingerprint density at radius 3 is 2.67 bits per heavy atom. The lowest BCUT2D eigenvalue weighted by Crippen LogP contribution is -2.29. The molecule has 0 N–H and O–H groups in total. The van der Waals surface area contributed by atoms with E-state index in [1.54, 1.807) is 35.2 Å². The molecule has 1 aliphatic rings. The molecule has 0 atom stereocenters. The number of para-hydroxylation sites is 1. The van der Waals surface area contributed by atoms with Gasteiger partial charge in [-0.25, -0.2) is 0 Å². The molecule has 0 fully saturated rings. The topological polar surface area (TPSA) is 72.7 Å². The van der Waals surface area contributed by atoms with Gasteiger partial charge in [0.15, 0.2) is 5.75 Å². The molecule has 2 aromatic carbocycles. The number of rotatable bonds is 2. The van der Waals surface area contributed by atoms with Crippen molar-refractivity contribution in [3.63, 3.8) is 0 Å². The van der Waals surface area contributed by atoms with Crippen LogP contribution in [0.15, 0.2) is 42.5 Å². The number of nitro benzene ring substituents is 1. The van der Waals surface area contributed by atoms with Crippen molar-refractivity contribution in [2.24, 2.45) is 0 Å². The molecule has 0 aliphatic carbocycles. The van der Waals surface area contributed by atoms with Crippen molar-refractivity contribution in [1.82, 2.24) is 0 Å². The molecule has 1 amide bonds. The molecule has 21 heavy (non-hydrogen) atoms. The van der Waals surface area contributed by atoms with Gasteiger partial charge < -0.3 is 9.64 Å². The monoisotopic (exact) mass is 284 g/mol. The number of ether oxygens (including phenoxy) is 1. The average molecular weight is 284 g/mol. The SMILES string of the molecule is CCN1C(=O)c2ccccc2Oc2cc([N+](=O)[O-])ccc21. The van der Waals surface area contributed by atoms with E-state index in [0.29, 0.717) is 29.3 Å².